The molecule has 0 unspecified atom stereocenters. The Morgan fingerprint density at radius 1 is 0.909 bits per heavy atom. The minimum Gasteiger partial charge on any atom is -0.463 e. The second-order valence-corrected chi connectivity index (χ2v) is 7.43. The first-order valence-electron chi connectivity index (χ1n) is 7.84. The number of allylic oxidation sites excluding steroid dienone is 2. The number of rotatable bonds is 12. The Balaban J connectivity index is 3.81. The van der Waals surface area contributed by atoms with Crippen molar-refractivity contribution in [2.75, 3.05) is 19.8 Å². The van der Waals surface area contributed by atoms with Crippen LogP contribution >= 0.6 is 0 Å². The Morgan fingerprint density at radius 3 is 1.73 bits per heavy atom. The van der Waals surface area contributed by atoms with E-state index in [2.05, 4.69) is 0 Å². The lowest BCUT2D eigenvalue weighted by Crippen LogP contribution is -2.19. The third kappa shape index (κ3) is 12.3. The highest BCUT2D eigenvalue weighted by molar-refractivity contribution is 6.51. The lowest BCUT2D eigenvalue weighted by Gasteiger charge is -2.15. The predicted octanol–water partition coefficient (Wildman–Crippen LogP) is 2.77. The van der Waals surface area contributed by atoms with Crippen molar-refractivity contribution in [2.24, 2.45) is 0 Å². The van der Waals surface area contributed by atoms with Crippen molar-refractivity contribution >= 4 is 21.0 Å². The molecular weight excluding hydrogens is 300 g/mol. The Bertz CT molecular complexity index is 334. The van der Waals surface area contributed by atoms with Gasteiger partial charge in [0.2, 0.25) is 0 Å². The van der Waals surface area contributed by atoms with Gasteiger partial charge in [-0.25, -0.2) is 9.59 Å². The normalized spacial score (nSPS) is 12.7. The van der Waals surface area contributed by atoms with Crippen molar-refractivity contribution < 1.29 is 23.5 Å². The van der Waals surface area contributed by atoms with Crippen molar-refractivity contribution in [3.63, 3.8) is 0 Å². The third-order valence-corrected chi connectivity index (χ3v) is 5.75. The van der Waals surface area contributed by atoms with E-state index in [1.807, 2.05) is 6.92 Å². The summed E-state index contributed by atoms with van der Waals surface area (Å²) in [5, 5.41) is 0. The van der Waals surface area contributed by atoms with E-state index in [1.54, 1.807) is 26.0 Å². The van der Waals surface area contributed by atoms with Gasteiger partial charge in [-0.2, -0.15) is 0 Å². The zero-order valence-electron chi connectivity index (χ0n) is 13.9. The summed E-state index contributed by atoms with van der Waals surface area (Å²) in [6.07, 6.45) is 7.79. The Morgan fingerprint density at radius 2 is 1.36 bits per heavy atom. The van der Waals surface area contributed by atoms with Crippen LogP contribution < -0.4 is 0 Å². The van der Waals surface area contributed by atoms with Crippen LogP contribution in [0.3, 0.4) is 0 Å². The zero-order valence-corrected chi connectivity index (χ0v) is 15.0. The van der Waals surface area contributed by atoms with Gasteiger partial charge in [-0.15, -0.1) is 0 Å². The summed E-state index contributed by atoms with van der Waals surface area (Å²) in [5.74, 6) is -0.596. The van der Waals surface area contributed by atoms with Crippen LogP contribution in [-0.2, 0) is 23.5 Å². The smallest absolute Gasteiger partial charge is 0.330 e. The van der Waals surface area contributed by atoms with E-state index in [0.29, 0.717) is 19.8 Å². The number of ether oxygens (including phenoxy) is 2. The number of hydrogen-bond donors (Lipinski definition) is 0. The Kier molecular flexibility index (Phi) is 13.6. The average molecular weight is 328 g/mol. The second kappa shape index (κ2) is 14.5. The van der Waals surface area contributed by atoms with E-state index in [-0.39, 0.29) is 11.9 Å². The first-order chi connectivity index (χ1) is 10.6. The maximum absolute atomic E-state index is 11.2. The standard InChI is InChI=1S/C16H28O5Si/c1-4-9-15(17)19-11-7-13-22(21-6-3)14-8-12-20-16(18)10-5-2/h4-5,9-10,22H,6-8,11-14H2,1-3H3. The van der Waals surface area contributed by atoms with Crippen LogP contribution in [0.15, 0.2) is 24.3 Å². The lowest BCUT2D eigenvalue weighted by atomic mass is 10.5. The summed E-state index contributed by atoms with van der Waals surface area (Å²) in [6, 6.07) is 1.92. The van der Waals surface area contributed by atoms with Gasteiger partial charge in [0.25, 0.3) is 0 Å². The van der Waals surface area contributed by atoms with Crippen molar-refractivity contribution in [1.82, 2.24) is 0 Å². The van der Waals surface area contributed by atoms with E-state index in [9.17, 15) is 9.59 Å². The van der Waals surface area contributed by atoms with E-state index in [4.69, 9.17) is 13.9 Å². The maximum Gasteiger partial charge on any atom is 0.330 e. The Labute approximate surface area is 135 Å². The van der Waals surface area contributed by atoms with Crippen LogP contribution in [0.2, 0.25) is 12.1 Å². The fourth-order valence-electron chi connectivity index (χ4n) is 1.88. The summed E-state index contributed by atoms with van der Waals surface area (Å²) in [6.45, 7) is 7.10. The molecule has 0 saturated heterocycles. The molecule has 0 spiro atoms. The van der Waals surface area contributed by atoms with E-state index in [1.165, 1.54) is 12.2 Å². The van der Waals surface area contributed by atoms with Gasteiger partial charge in [0.1, 0.15) is 0 Å². The molecule has 0 N–H and O–H groups in total. The van der Waals surface area contributed by atoms with Crippen LogP contribution in [0.25, 0.3) is 0 Å². The minimum atomic E-state index is -1.31. The topological polar surface area (TPSA) is 61.8 Å². The average Bonchev–Trinajstić information content (AvgIpc) is 2.48. The third-order valence-electron chi connectivity index (χ3n) is 2.84. The molecular formula is C16H28O5Si. The molecule has 0 fully saturated rings. The molecule has 126 valence electrons. The fraction of sp³-hybridized carbons (Fsp3) is 0.625. The first kappa shape index (κ1) is 20.6. The molecule has 0 aliphatic heterocycles. The number of esters is 2. The molecule has 0 aromatic heterocycles. The highest BCUT2D eigenvalue weighted by Crippen LogP contribution is 2.09. The highest BCUT2D eigenvalue weighted by Gasteiger charge is 2.12. The molecule has 0 amide bonds. The molecule has 0 atom stereocenters. The summed E-state index contributed by atoms with van der Waals surface area (Å²) >= 11 is 0. The van der Waals surface area contributed by atoms with Crippen LogP contribution in [0.5, 0.6) is 0 Å². The molecule has 0 aliphatic rings. The van der Waals surface area contributed by atoms with Gasteiger partial charge in [-0.1, -0.05) is 12.2 Å². The lowest BCUT2D eigenvalue weighted by molar-refractivity contribution is -0.138. The van der Waals surface area contributed by atoms with Crippen LogP contribution in [-0.4, -0.2) is 40.8 Å². The number of carbonyl (C=O) groups is 2. The SMILES string of the molecule is CC=CC(=O)OCCC[SiH](CCCOC(=O)C=CC)OCC. The molecule has 0 rings (SSSR count). The highest BCUT2D eigenvalue weighted by atomic mass is 28.3. The minimum absolute atomic E-state index is 0.298. The van der Waals surface area contributed by atoms with Crippen molar-refractivity contribution in [3.05, 3.63) is 24.3 Å². The number of hydrogen-bond acceptors (Lipinski definition) is 5. The molecule has 22 heavy (non-hydrogen) atoms. The predicted molar refractivity (Wildman–Crippen MR) is 89.2 cm³/mol. The molecule has 0 bridgehead atoms. The quantitative estimate of drug-likeness (QED) is 0.239. The zero-order chi connectivity index (χ0) is 16.6. The van der Waals surface area contributed by atoms with E-state index in [0.717, 1.165) is 24.9 Å². The molecule has 0 saturated carbocycles. The molecule has 0 aliphatic carbocycles. The van der Waals surface area contributed by atoms with E-state index >= 15 is 0 Å². The van der Waals surface area contributed by atoms with Gasteiger partial charge in [0.15, 0.2) is 9.04 Å². The van der Waals surface area contributed by atoms with Gasteiger partial charge < -0.3 is 13.9 Å². The van der Waals surface area contributed by atoms with Crippen LogP contribution in [0.1, 0.15) is 33.6 Å². The molecule has 0 heterocycles. The van der Waals surface area contributed by atoms with Gasteiger partial charge in [-0.05, 0) is 45.7 Å². The summed E-state index contributed by atoms with van der Waals surface area (Å²) in [4.78, 5) is 22.3. The number of carbonyl (C=O) groups excluding carboxylic acids is 2. The van der Waals surface area contributed by atoms with Gasteiger partial charge in [0.05, 0.1) is 13.2 Å². The van der Waals surface area contributed by atoms with Gasteiger partial charge in [0, 0.05) is 18.8 Å². The monoisotopic (exact) mass is 328 g/mol. The molecule has 5 nitrogen and oxygen atoms in total. The van der Waals surface area contributed by atoms with Crippen molar-refractivity contribution in [2.45, 2.75) is 45.7 Å². The molecule has 0 aromatic rings. The molecule has 0 radical (unpaired) electrons. The largest absolute Gasteiger partial charge is 0.463 e. The van der Waals surface area contributed by atoms with E-state index < -0.39 is 9.04 Å². The fourth-order valence-corrected chi connectivity index (χ4v) is 4.22. The maximum atomic E-state index is 11.2. The molecule has 6 heteroatoms. The van der Waals surface area contributed by atoms with Gasteiger partial charge in [-0.3, -0.25) is 0 Å². The molecule has 0 aromatic carbocycles. The summed E-state index contributed by atoms with van der Waals surface area (Å²) in [5.41, 5.74) is 0. The Hall–Kier alpha value is -1.40. The summed E-state index contributed by atoms with van der Waals surface area (Å²) < 4.78 is 15.9. The van der Waals surface area contributed by atoms with Crippen molar-refractivity contribution in [1.29, 1.82) is 0 Å². The van der Waals surface area contributed by atoms with Gasteiger partial charge >= 0.3 is 11.9 Å². The summed E-state index contributed by atoms with van der Waals surface area (Å²) in [7, 11) is -1.31. The van der Waals surface area contributed by atoms with Crippen LogP contribution in [0, 0.1) is 0 Å². The van der Waals surface area contributed by atoms with Crippen molar-refractivity contribution in [3.8, 4) is 0 Å². The van der Waals surface area contributed by atoms with Crippen LogP contribution in [0.4, 0.5) is 0 Å². The second-order valence-electron chi connectivity index (χ2n) is 4.70. The first-order valence-corrected chi connectivity index (χ1v) is 9.94.